The van der Waals surface area contributed by atoms with Crippen molar-refractivity contribution in [3.63, 3.8) is 0 Å². The number of para-hydroxylation sites is 1. The molecule has 0 aliphatic carbocycles. The van der Waals surface area contributed by atoms with Gasteiger partial charge in [0.2, 0.25) is 0 Å². The molecular formula is C29H28N2O6S2. The largest absolute Gasteiger partial charge is 0.340 e. The lowest BCUT2D eigenvalue weighted by Crippen LogP contribution is -2.27. The van der Waals surface area contributed by atoms with Gasteiger partial charge in [-0.25, -0.2) is 0 Å². The van der Waals surface area contributed by atoms with Crippen LogP contribution in [0.25, 0.3) is 21.7 Å². The second kappa shape index (κ2) is 10.6. The maximum absolute atomic E-state index is 11.2. The summed E-state index contributed by atoms with van der Waals surface area (Å²) in [5.41, 5.74) is 5.80. The number of fused-ring (bicyclic) bond motifs is 4. The van der Waals surface area contributed by atoms with Gasteiger partial charge in [-0.2, -0.15) is 16.8 Å². The van der Waals surface area contributed by atoms with Crippen molar-refractivity contribution in [3.05, 3.63) is 108 Å². The third-order valence-corrected chi connectivity index (χ3v) is 8.76. The van der Waals surface area contributed by atoms with Crippen molar-refractivity contribution >= 4 is 41.9 Å². The topological polar surface area (TPSA) is 117 Å². The lowest BCUT2D eigenvalue weighted by Gasteiger charge is -2.24. The van der Waals surface area contributed by atoms with Crippen molar-refractivity contribution in [1.29, 1.82) is 0 Å². The minimum absolute atomic E-state index is 0.0233. The van der Waals surface area contributed by atoms with Crippen molar-refractivity contribution in [2.75, 3.05) is 13.6 Å². The van der Waals surface area contributed by atoms with Gasteiger partial charge in [-0.05, 0) is 36.4 Å². The fourth-order valence-electron chi connectivity index (χ4n) is 5.18. The summed E-state index contributed by atoms with van der Waals surface area (Å²) in [7, 11) is -6.72. The minimum atomic E-state index is -4.47. The standard InChI is InChI=1S/C19H20N2.C10H8O6S2/c1-20-12-11-19-17(14-20)16-9-5-6-10-18(16)21(19)13-15-7-3-2-4-8-15;11-17(12,13)9-5-1-3-7-8(9)4-2-6-10(7)18(14,15)16/h2-10H,11-14H2,1H3;1-6H,(H,11,12,13)(H,14,15,16). The summed E-state index contributed by atoms with van der Waals surface area (Å²) in [6.45, 7) is 3.19. The normalized spacial score (nSPS) is 14.1. The quantitative estimate of drug-likeness (QED) is 0.295. The summed E-state index contributed by atoms with van der Waals surface area (Å²) in [5, 5.41) is 1.47. The molecule has 8 nitrogen and oxygen atoms in total. The van der Waals surface area contributed by atoms with Gasteiger partial charge in [-0.1, -0.05) is 72.8 Å². The first-order valence-electron chi connectivity index (χ1n) is 12.3. The van der Waals surface area contributed by atoms with Crippen molar-refractivity contribution in [1.82, 2.24) is 9.47 Å². The van der Waals surface area contributed by atoms with Crippen LogP contribution in [-0.2, 0) is 39.7 Å². The molecule has 10 heteroatoms. The molecule has 0 spiro atoms. The number of hydrogen-bond donors (Lipinski definition) is 2. The fraction of sp³-hybridized carbons (Fsp3) is 0.172. The van der Waals surface area contributed by atoms with E-state index >= 15 is 0 Å². The maximum atomic E-state index is 11.2. The Bertz CT molecular complexity index is 1810. The molecule has 1 aliphatic rings. The first kappa shape index (κ1) is 27.0. The Morgan fingerprint density at radius 2 is 1.23 bits per heavy atom. The van der Waals surface area contributed by atoms with Crippen LogP contribution in [0.3, 0.4) is 0 Å². The summed E-state index contributed by atoms with van der Waals surface area (Å²) >= 11 is 0. The highest BCUT2D eigenvalue weighted by Crippen LogP contribution is 2.31. The van der Waals surface area contributed by atoms with E-state index in [0.29, 0.717) is 0 Å². The SMILES string of the molecule is CN1CCc2c(c3ccccc3n2Cc2ccccc2)C1.O=S(=O)(O)c1cccc2c(S(=O)(=O)O)cccc12. The molecule has 0 atom stereocenters. The molecule has 1 aliphatic heterocycles. The van der Waals surface area contributed by atoms with Crippen LogP contribution in [0.2, 0.25) is 0 Å². The number of benzene rings is 4. The molecule has 6 rings (SSSR count). The van der Waals surface area contributed by atoms with Crippen LogP contribution in [0.5, 0.6) is 0 Å². The van der Waals surface area contributed by atoms with Gasteiger partial charge in [0.1, 0.15) is 9.79 Å². The Hall–Kier alpha value is -3.54. The summed E-state index contributed by atoms with van der Waals surface area (Å²) in [5.74, 6) is 0. The van der Waals surface area contributed by atoms with Gasteiger partial charge >= 0.3 is 0 Å². The molecule has 0 bridgehead atoms. The molecule has 2 heterocycles. The first-order chi connectivity index (χ1) is 18.5. The zero-order chi connectivity index (χ0) is 27.8. The Morgan fingerprint density at radius 3 is 1.82 bits per heavy atom. The van der Waals surface area contributed by atoms with Gasteiger partial charge in [0.05, 0.1) is 0 Å². The minimum Gasteiger partial charge on any atom is -0.340 e. The van der Waals surface area contributed by atoms with E-state index in [2.05, 4.69) is 71.1 Å². The van der Waals surface area contributed by atoms with Crippen molar-refractivity contribution in [3.8, 4) is 0 Å². The van der Waals surface area contributed by atoms with Crippen LogP contribution in [0.15, 0.2) is 101 Å². The monoisotopic (exact) mass is 564 g/mol. The summed E-state index contributed by atoms with van der Waals surface area (Å²) in [6.07, 6.45) is 1.15. The van der Waals surface area contributed by atoms with Crippen LogP contribution >= 0.6 is 0 Å². The smallest absolute Gasteiger partial charge is 0.295 e. The lowest BCUT2D eigenvalue weighted by molar-refractivity contribution is 0.310. The van der Waals surface area contributed by atoms with Crippen LogP contribution in [0, 0.1) is 0 Å². The molecule has 0 saturated heterocycles. The highest BCUT2D eigenvalue weighted by atomic mass is 32.2. The van der Waals surface area contributed by atoms with E-state index < -0.39 is 30.0 Å². The van der Waals surface area contributed by atoms with Crippen molar-refractivity contribution in [2.24, 2.45) is 0 Å². The predicted molar refractivity (Wildman–Crippen MR) is 151 cm³/mol. The van der Waals surface area contributed by atoms with E-state index in [-0.39, 0.29) is 10.8 Å². The number of nitrogens with zero attached hydrogens (tertiary/aromatic N) is 2. The summed E-state index contributed by atoms with van der Waals surface area (Å²) in [4.78, 5) is 1.60. The molecule has 0 amide bonds. The second-order valence-electron chi connectivity index (χ2n) is 9.56. The van der Waals surface area contributed by atoms with Crippen LogP contribution in [0.1, 0.15) is 16.8 Å². The Balaban J connectivity index is 0.000000160. The van der Waals surface area contributed by atoms with E-state index in [4.69, 9.17) is 9.11 Å². The summed E-state index contributed by atoms with van der Waals surface area (Å²) < 4.78 is 65.2. The number of likely N-dealkylation sites (N-methyl/N-ethyl adjacent to an activating group) is 1. The van der Waals surface area contributed by atoms with E-state index in [1.54, 1.807) is 0 Å². The van der Waals surface area contributed by atoms with Gasteiger partial charge in [-0.15, -0.1) is 0 Å². The Kier molecular flexibility index (Phi) is 7.32. The maximum Gasteiger partial charge on any atom is 0.295 e. The molecule has 2 N–H and O–H groups in total. The third-order valence-electron chi connectivity index (χ3n) is 6.93. The zero-order valence-electron chi connectivity index (χ0n) is 21.2. The van der Waals surface area contributed by atoms with Gasteiger partial charge in [0.25, 0.3) is 20.2 Å². The third kappa shape index (κ3) is 5.61. The van der Waals surface area contributed by atoms with E-state index in [9.17, 15) is 16.8 Å². The average Bonchev–Trinajstić information content (AvgIpc) is 3.20. The van der Waals surface area contributed by atoms with E-state index in [1.165, 1.54) is 52.0 Å². The molecule has 0 unspecified atom stereocenters. The fourth-order valence-corrected chi connectivity index (χ4v) is 6.60. The highest BCUT2D eigenvalue weighted by molar-refractivity contribution is 7.86. The molecule has 1 aromatic heterocycles. The van der Waals surface area contributed by atoms with Crippen LogP contribution in [-0.4, -0.2) is 49.0 Å². The Morgan fingerprint density at radius 1 is 0.692 bits per heavy atom. The van der Waals surface area contributed by atoms with Gasteiger partial charge < -0.3 is 9.47 Å². The van der Waals surface area contributed by atoms with Crippen molar-refractivity contribution in [2.45, 2.75) is 29.3 Å². The predicted octanol–water partition coefficient (Wildman–Crippen LogP) is 5.01. The van der Waals surface area contributed by atoms with E-state index in [0.717, 1.165) is 38.2 Å². The average molecular weight is 565 g/mol. The number of aromatic nitrogens is 1. The number of hydrogen-bond acceptors (Lipinski definition) is 5. The van der Waals surface area contributed by atoms with E-state index in [1.807, 2.05) is 0 Å². The number of rotatable bonds is 4. The highest BCUT2D eigenvalue weighted by Gasteiger charge is 2.22. The van der Waals surface area contributed by atoms with Crippen LogP contribution in [0.4, 0.5) is 0 Å². The molecule has 202 valence electrons. The molecule has 5 aromatic rings. The zero-order valence-corrected chi connectivity index (χ0v) is 22.9. The van der Waals surface area contributed by atoms with Gasteiger partial charge in [-0.3, -0.25) is 9.11 Å². The summed E-state index contributed by atoms with van der Waals surface area (Å²) in [6, 6.07) is 27.1. The van der Waals surface area contributed by atoms with Gasteiger partial charge in [0.15, 0.2) is 0 Å². The molecule has 0 saturated carbocycles. The molecule has 4 aromatic carbocycles. The molecular weight excluding hydrogens is 536 g/mol. The lowest BCUT2D eigenvalue weighted by atomic mass is 10.1. The second-order valence-corrected chi connectivity index (χ2v) is 12.3. The van der Waals surface area contributed by atoms with Gasteiger partial charge in [0, 0.05) is 53.4 Å². The molecule has 0 radical (unpaired) electrons. The first-order valence-corrected chi connectivity index (χ1v) is 15.2. The Labute approximate surface area is 227 Å². The van der Waals surface area contributed by atoms with Crippen molar-refractivity contribution < 1.29 is 25.9 Å². The molecule has 0 fully saturated rings. The molecule has 39 heavy (non-hydrogen) atoms. The van der Waals surface area contributed by atoms with Crippen LogP contribution < -0.4 is 0 Å².